The van der Waals surface area contributed by atoms with Gasteiger partial charge in [-0.3, -0.25) is 0 Å². The van der Waals surface area contributed by atoms with Gasteiger partial charge in [-0.15, -0.1) is 0 Å². The summed E-state index contributed by atoms with van der Waals surface area (Å²) in [7, 11) is 1.73. The van der Waals surface area contributed by atoms with Crippen LogP contribution in [0.5, 0.6) is 0 Å². The van der Waals surface area contributed by atoms with Gasteiger partial charge in [-0.2, -0.15) is 0 Å². The quantitative estimate of drug-likeness (QED) is 0.546. The minimum Gasteiger partial charge on any atom is -0.504 e. The van der Waals surface area contributed by atoms with E-state index in [1.165, 1.54) is 12.0 Å². The van der Waals surface area contributed by atoms with E-state index in [0.29, 0.717) is 11.3 Å². The molecule has 0 bridgehead atoms. The summed E-state index contributed by atoms with van der Waals surface area (Å²) < 4.78 is 5.08. The van der Waals surface area contributed by atoms with E-state index < -0.39 is 0 Å². The molecule has 1 rings (SSSR count). The maximum Gasteiger partial charge on any atom is 0.0819 e. The summed E-state index contributed by atoms with van der Waals surface area (Å²) in [6.45, 7) is 9.31. The Balaban J connectivity index is 2.81. The Morgan fingerprint density at radius 2 is 2.00 bits per heavy atom. The van der Waals surface area contributed by atoms with Crippen LogP contribution in [0, 0.1) is 17.3 Å². The molecule has 0 amide bonds. The van der Waals surface area contributed by atoms with Crippen LogP contribution >= 0.6 is 0 Å². The van der Waals surface area contributed by atoms with E-state index in [1.807, 2.05) is 6.26 Å². The third-order valence-corrected chi connectivity index (χ3v) is 3.50. The van der Waals surface area contributed by atoms with Crippen molar-refractivity contribution in [2.45, 2.75) is 34.1 Å². The fraction of sp³-hybridized carbons (Fsp3) is 0.818. The second kappa shape index (κ2) is 3.12. The predicted octanol–water partition coefficient (Wildman–Crippen LogP) is 3.22. The van der Waals surface area contributed by atoms with Crippen molar-refractivity contribution in [2.24, 2.45) is 17.3 Å². The molecule has 1 saturated carbocycles. The highest BCUT2D eigenvalue weighted by Gasteiger charge is 2.39. The van der Waals surface area contributed by atoms with E-state index in [9.17, 15) is 0 Å². The lowest BCUT2D eigenvalue weighted by Crippen LogP contribution is -2.17. The summed E-state index contributed by atoms with van der Waals surface area (Å²) in [5.41, 5.74) is 1.92. The van der Waals surface area contributed by atoms with Crippen molar-refractivity contribution >= 4 is 0 Å². The molecule has 0 N–H and O–H groups in total. The maximum atomic E-state index is 5.08. The van der Waals surface area contributed by atoms with Crippen molar-refractivity contribution in [3.63, 3.8) is 0 Å². The van der Waals surface area contributed by atoms with Crippen molar-refractivity contribution in [1.82, 2.24) is 0 Å². The van der Waals surface area contributed by atoms with Crippen LogP contribution in [0.15, 0.2) is 11.8 Å². The molecule has 0 aromatic carbocycles. The Bertz CT molecular complexity index is 191. The summed E-state index contributed by atoms with van der Waals surface area (Å²) in [6.07, 6.45) is 3.11. The molecule has 12 heavy (non-hydrogen) atoms. The third-order valence-electron chi connectivity index (χ3n) is 3.50. The van der Waals surface area contributed by atoms with E-state index in [-0.39, 0.29) is 0 Å². The summed E-state index contributed by atoms with van der Waals surface area (Å²) in [6, 6.07) is 0. The predicted molar refractivity (Wildman–Crippen MR) is 51.8 cm³/mol. The summed E-state index contributed by atoms with van der Waals surface area (Å²) in [5.74, 6) is 1.44. The van der Waals surface area contributed by atoms with Crippen LogP contribution in [0.25, 0.3) is 0 Å². The lowest BCUT2D eigenvalue weighted by Gasteiger charge is -2.24. The van der Waals surface area contributed by atoms with Crippen molar-refractivity contribution in [3.8, 4) is 0 Å². The molecule has 1 heteroatoms. The van der Waals surface area contributed by atoms with Gasteiger partial charge in [0.25, 0.3) is 0 Å². The molecule has 0 spiro atoms. The smallest absolute Gasteiger partial charge is 0.0819 e. The SMILES string of the molecule is CO/C=C1\CC(C)(C)[C@@H](C)[C@@H]1C. The van der Waals surface area contributed by atoms with Gasteiger partial charge in [0, 0.05) is 0 Å². The number of rotatable bonds is 1. The normalized spacial score (nSPS) is 37.2. The average molecular weight is 168 g/mol. The average Bonchev–Trinajstić information content (AvgIpc) is 2.16. The lowest BCUT2D eigenvalue weighted by molar-refractivity contribution is 0.248. The van der Waals surface area contributed by atoms with Gasteiger partial charge >= 0.3 is 0 Å². The summed E-state index contributed by atoms with van der Waals surface area (Å²) in [4.78, 5) is 0. The van der Waals surface area contributed by atoms with Gasteiger partial charge in [-0.1, -0.05) is 27.7 Å². The van der Waals surface area contributed by atoms with Gasteiger partial charge in [-0.05, 0) is 29.2 Å². The first kappa shape index (κ1) is 9.63. The Hall–Kier alpha value is -0.460. The minimum atomic E-state index is 0.448. The van der Waals surface area contributed by atoms with Crippen LogP contribution in [-0.2, 0) is 4.74 Å². The second-order valence-electron chi connectivity index (χ2n) is 4.67. The lowest BCUT2D eigenvalue weighted by atomic mass is 9.81. The van der Waals surface area contributed by atoms with E-state index in [2.05, 4.69) is 27.7 Å². The fourth-order valence-corrected chi connectivity index (χ4v) is 2.15. The Morgan fingerprint density at radius 1 is 1.42 bits per heavy atom. The second-order valence-corrected chi connectivity index (χ2v) is 4.67. The number of ether oxygens (including phenoxy) is 1. The molecule has 0 aromatic heterocycles. The van der Waals surface area contributed by atoms with Crippen LogP contribution in [0.3, 0.4) is 0 Å². The zero-order valence-electron chi connectivity index (χ0n) is 8.85. The van der Waals surface area contributed by atoms with Gasteiger partial charge in [-0.25, -0.2) is 0 Å². The molecule has 0 aromatic rings. The molecular weight excluding hydrogens is 148 g/mol. The number of hydrogen-bond acceptors (Lipinski definition) is 1. The fourth-order valence-electron chi connectivity index (χ4n) is 2.15. The Morgan fingerprint density at radius 3 is 2.33 bits per heavy atom. The van der Waals surface area contributed by atoms with Gasteiger partial charge in [0.1, 0.15) is 0 Å². The van der Waals surface area contributed by atoms with Crippen molar-refractivity contribution in [2.75, 3.05) is 7.11 Å². The van der Waals surface area contributed by atoms with E-state index in [0.717, 1.165) is 5.92 Å². The molecule has 0 unspecified atom stereocenters. The van der Waals surface area contributed by atoms with Gasteiger partial charge in [0.15, 0.2) is 0 Å². The zero-order valence-corrected chi connectivity index (χ0v) is 8.85. The molecule has 1 fully saturated rings. The molecule has 0 aliphatic heterocycles. The minimum absolute atomic E-state index is 0.448. The summed E-state index contributed by atoms with van der Waals surface area (Å²) >= 11 is 0. The first-order valence-electron chi connectivity index (χ1n) is 4.71. The van der Waals surface area contributed by atoms with E-state index in [4.69, 9.17) is 4.74 Å². The van der Waals surface area contributed by atoms with Gasteiger partial charge < -0.3 is 4.74 Å². The maximum absolute atomic E-state index is 5.08. The van der Waals surface area contributed by atoms with Crippen molar-refractivity contribution < 1.29 is 4.74 Å². The number of methoxy groups -OCH3 is 1. The molecule has 1 aliphatic rings. The zero-order chi connectivity index (χ0) is 9.35. The van der Waals surface area contributed by atoms with Crippen LogP contribution in [0.4, 0.5) is 0 Å². The highest BCUT2D eigenvalue weighted by molar-refractivity contribution is 5.15. The molecule has 2 atom stereocenters. The first-order chi connectivity index (χ1) is 5.49. The standard InChI is InChI=1S/C11H20O/c1-8-9(2)11(3,4)6-10(8)7-12-5/h7-9H,6H2,1-5H3/b10-7+/t8-,9-/m0/s1. The van der Waals surface area contributed by atoms with Crippen molar-refractivity contribution in [3.05, 3.63) is 11.8 Å². The van der Waals surface area contributed by atoms with Crippen molar-refractivity contribution in [1.29, 1.82) is 0 Å². The molecule has 1 aliphatic carbocycles. The largest absolute Gasteiger partial charge is 0.504 e. The Labute approximate surface area is 75.8 Å². The van der Waals surface area contributed by atoms with Crippen LogP contribution in [0.1, 0.15) is 34.1 Å². The molecule has 0 heterocycles. The molecule has 0 radical (unpaired) electrons. The Kier molecular flexibility index (Phi) is 2.50. The monoisotopic (exact) mass is 168 g/mol. The topological polar surface area (TPSA) is 9.23 Å². The van der Waals surface area contributed by atoms with Crippen LogP contribution < -0.4 is 0 Å². The molecule has 70 valence electrons. The summed E-state index contributed by atoms with van der Waals surface area (Å²) in [5, 5.41) is 0. The highest BCUT2D eigenvalue weighted by atomic mass is 16.5. The molecular formula is C11H20O. The molecule has 1 nitrogen and oxygen atoms in total. The number of allylic oxidation sites excluding steroid dienone is 1. The highest BCUT2D eigenvalue weighted by Crippen LogP contribution is 2.48. The first-order valence-corrected chi connectivity index (χ1v) is 4.71. The number of hydrogen-bond donors (Lipinski definition) is 0. The third kappa shape index (κ3) is 1.50. The van der Waals surface area contributed by atoms with Crippen LogP contribution in [-0.4, -0.2) is 7.11 Å². The van der Waals surface area contributed by atoms with Gasteiger partial charge in [0.2, 0.25) is 0 Å². The van der Waals surface area contributed by atoms with E-state index >= 15 is 0 Å². The molecule has 0 saturated heterocycles. The van der Waals surface area contributed by atoms with E-state index in [1.54, 1.807) is 7.11 Å². The van der Waals surface area contributed by atoms with Crippen LogP contribution in [0.2, 0.25) is 0 Å². The van der Waals surface area contributed by atoms with Gasteiger partial charge in [0.05, 0.1) is 13.4 Å².